The molecule has 0 aliphatic rings. The Kier molecular flexibility index (Phi) is 3.75. The highest BCUT2D eigenvalue weighted by molar-refractivity contribution is 5.70. The molecule has 1 rings (SSSR count). The molecule has 3 nitrogen and oxygen atoms in total. The normalized spacial score (nSPS) is 8.93. The number of carboxylic acids is 1. The van der Waals surface area contributed by atoms with Gasteiger partial charge < -0.3 is 9.84 Å². The summed E-state index contributed by atoms with van der Waals surface area (Å²) < 4.78 is 5.13. The number of methoxy groups -OCH3 is 1. The lowest BCUT2D eigenvalue weighted by molar-refractivity contribution is -0.135. The topological polar surface area (TPSA) is 46.5 Å². The first kappa shape index (κ1) is 11.1. The molecule has 0 saturated carbocycles. The van der Waals surface area contributed by atoms with Crippen molar-refractivity contribution in [3.05, 3.63) is 29.3 Å². The van der Waals surface area contributed by atoms with Gasteiger partial charge in [0, 0.05) is 5.56 Å². The van der Waals surface area contributed by atoms with Crippen LogP contribution in [0, 0.1) is 18.8 Å². The van der Waals surface area contributed by atoms with E-state index in [1.807, 2.05) is 19.1 Å². The summed E-state index contributed by atoms with van der Waals surface area (Å²) in [6, 6.07) is 5.53. The van der Waals surface area contributed by atoms with Crippen molar-refractivity contribution in [3.63, 3.8) is 0 Å². The molecule has 1 aromatic carbocycles. The van der Waals surface area contributed by atoms with E-state index in [0.29, 0.717) is 0 Å². The molecule has 3 heteroatoms. The Labute approximate surface area is 88.7 Å². The van der Waals surface area contributed by atoms with E-state index < -0.39 is 5.97 Å². The molecule has 78 valence electrons. The SMILES string of the molecule is COc1cc(C#CCC(=O)O)ccc1C. The molecule has 0 heterocycles. The van der Waals surface area contributed by atoms with Gasteiger partial charge in [0.2, 0.25) is 0 Å². The van der Waals surface area contributed by atoms with Crippen molar-refractivity contribution >= 4 is 5.97 Å². The Bertz CT molecular complexity index is 424. The van der Waals surface area contributed by atoms with Crippen molar-refractivity contribution in [2.75, 3.05) is 7.11 Å². The van der Waals surface area contributed by atoms with Crippen molar-refractivity contribution < 1.29 is 14.6 Å². The van der Waals surface area contributed by atoms with Gasteiger partial charge in [0.05, 0.1) is 7.11 Å². The lowest BCUT2D eigenvalue weighted by Crippen LogP contribution is -1.91. The lowest BCUT2D eigenvalue weighted by Gasteiger charge is -2.03. The first-order valence-corrected chi connectivity index (χ1v) is 4.49. The zero-order chi connectivity index (χ0) is 11.3. The first-order valence-electron chi connectivity index (χ1n) is 4.49. The molecular weight excluding hydrogens is 192 g/mol. The number of ether oxygens (including phenoxy) is 1. The fourth-order valence-corrected chi connectivity index (χ4v) is 1.12. The fraction of sp³-hybridized carbons (Fsp3) is 0.250. The number of rotatable bonds is 2. The van der Waals surface area contributed by atoms with Crippen molar-refractivity contribution in [3.8, 4) is 17.6 Å². The molecule has 0 amide bonds. The summed E-state index contributed by atoms with van der Waals surface area (Å²) in [6.07, 6.45) is -0.143. The maximum atomic E-state index is 10.2. The Morgan fingerprint density at radius 3 is 2.87 bits per heavy atom. The minimum Gasteiger partial charge on any atom is -0.496 e. The van der Waals surface area contributed by atoms with Crippen molar-refractivity contribution in [1.82, 2.24) is 0 Å². The standard InChI is InChI=1S/C12H12O3/c1-9-6-7-10(8-11(9)15-2)4-3-5-12(13)14/h6-8H,5H2,1-2H3,(H,13,14). The van der Waals surface area contributed by atoms with Gasteiger partial charge in [-0.3, -0.25) is 4.79 Å². The fourth-order valence-electron chi connectivity index (χ4n) is 1.12. The summed E-state index contributed by atoms with van der Waals surface area (Å²) >= 11 is 0. The predicted octanol–water partition coefficient (Wildman–Crippen LogP) is 1.83. The second kappa shape index (κ2) is 5.06. The Morgan fingerprint density at radius 1 is 1.53 bits per heavy atom. The number of hydrogen-bond acceptors (Lipinski definition) is 2. The van der Waals surface area contributed by atoms with Crippen LogP contribution in [0.4, 0.5) is 0 Å². The second-order valence-corrected chi connectivity index (χ2v) is 3.06. The monoisotopic (exact) mass is 204 g/mol. The Balaban J connectivity index is 2.85. The van der Waals surface area contributed by atoms with Crippen LogP contribution in [0.5, 0.6) is 5.75 Å². The van der Waals surface area contributed by atoms with Gasteiger partial charge in [-0.2, -0.15) is 0 Å². The van der Waals surface area contributed by atoms with E-state index in [0.717, 1.165) is 16.9 Å². The molecule has 0 radical (unpaired) electrons. The highest BCUT2D eigenvalue weighted by atomic mass is 16.5. The summed E-state index contributed by atoms with van der Waals surface area (Å²) in [7, 11) is 1.59. The molecule has 0 bridgehead atoms. The van der Waals surface area contributed by atoms with E-state index in [1.165, 1.54) is 0 Å². The van der Waals surface area contributed by atoms with E-state index in [9.17, 15) is 4.79 Å². The van der Waals surface area contributed by atoms with Crippen molar-refractivity contribution in [2.24, 2.45) is 0 Å². The van der Waals surface area contributed by atoms with Crippen LogP contribution < -0.4 is 4.74 Å². The van der Waals surface area contributed by atoms with Crippen LogP contribution in [0.2, 0.25) is 0 Å². The minimum atomic E-state index is -0.915. The van der Waals surface area contributed by atoms with E-state index in [-0.39, 0.29) is 6.42 Å². The average Bonchev–Trinajstić information content (AvgIpc) is 2.20. The van der Waals surface area contributed by atoms with Gasteiger partial charge in [-0.1, -0.05) is 17.9 Å². The predicted molar refractivity (Wildman–Crippen MR) is 56.9 cm³/mol. The second-order valence-electron chi connectivity index (χ2n) is 3.06. The number of hydrogen-bond donors (Lipinski definition) is 1. The van der Waals surface area contributed by atoms with Crippen LogP contribution in [-0.4, -0.2) is 18.2 Å². The van der Waals surface area contributed by atoms with E-state index in [1.54, 1.807) is 13.2 Å². The maximum absolute atomic E-state index is 10.2. The smallest absolute Gasteiger partial charge is 0.315 e. The van der Waals surface area contributed by atoms with Crippen LogP contribution in [0.15, 0.2) is 18.2 Å². The van der Waals surface area contributed by atoms with E-state index in [2.05, 4.69) is 11.8 Å². The third-order valence-electron chi connectivity index (χ3n) is 1.88. The number of carbonyl (C=O) groups is 1. The highest BCUT2D eigenvalue weighted by Gasteiger charge is 1.97. The molecule has 0 aromatic heterocycles. The van der Waals surface area contributed by atoms with Crippen molar-refractivity contribution in [2.45, 2.75) is 13.3 Å². The van der Waals surface area contributed by atoms with Crippen LogP contribution >= 0.6 is 0 Å². The molecule has 0 atom stereocenters. The average molecular weight is 204 g/mol. The van der Waals surface area contributed by atoms with E-state index >= 15 is 0 Å². The number of aliphatic carboxylic acids is 1. The molecule has 0 aliphatic heterocycles. The minimum absolute atomic E-state index is 0.143. The molecular formula is C12H12O3. The van der Waals surface area contributed by atoms with Gasteiger partial charge in [0.15, 0.2) is 0 Å². The molecule has 0 unspecified atom stereocenters. The van der Waals surface area contributed by atoms with Gasteiger partial charge in [-0.05, 0) is 24.6 Å². The van der Waals surface area contributed by atoms with Crippen LogP contribution in [0.3, 0.4) is 0 Å². The zero-order valence-electron chi connectivity index (χ0n) is 8.70. The van der Waals surface area contributed by atoms with Gasteiger partial charge in [-0.15, -0.1) is 0 Å². The third-order valence-corrected chi connectivity index (χ3v) is 1.88. The Hall–Kier alpha value is -1.95. The molecule has 0 fully saturated rings. The Morgan fingerprint density at radius 2 is 2.27 bits per heavy atom. The zero-order valence-corrected chi connectivity index (χ0v) is 8.70. The molecule has 1 N–H and O–H groups in total. The quantitative estimate of drug-likeness (QED) is 0.747. The summed E-state index contributed by atoms with van der Waals surface area (Å²) in [5, 5.41) is 8.41. The van der Waals surface area contributed by atoms with Crippen molar-refractivity contribution in [1.29, 1.82) is 0 Å². The maximum Gasteiger partial charge on any atom is 0.315 e. The summed E-state index contributed by atoms with van der Waals surface area (Å²) in [6.45, 7) is 1.94. The summed E-state index contributed by atoms with van der Waals surface area (Å²) in [5.74, 6) is 5.18. The van der Waals surface area contributed by atoms with Gasteiger partial charge in [0.1, 0.15) is 12.2 Å². The third kappa shape index (κ3) is 3.35. The largest absolute Gasteiger partial charge is 0.496 e. The van der Waals surface area contributed by atoms with Gasteiger partial charge >= 0.3 is 5.97 Å². The molecule has 1 aromatic rings. The van der Waals surface area contributed by atoms with Crippen LogP contribution in [0.1, 0.15) is 17.5 Å². The first-order chi connectivity index (χ1) is 7.13. The highest BCUT2D eigenvalue weighted by Crippen LogP contribution is 2.18. The molecule has 0 aliphatic carbocycles. The lowest BCUT2D eigenvalue weighted by atomic mass is 10.1. The van der Waals surface area contributed by atoms with Crippen LogP contribution in [0.25, 0.3) is 0 Å². The number of benzene rings is 1. The molecule has 0 saturated heterocycles. The van der Waals surface area contributed by atoms with Gasteiger partial charge in [-0.25, -0.2) is 0 Å². The number of aryl methyl sites for hydroxylation is 1. The van der Waals surface area contributed by atoms with Crippen LogP contribution in [-0.2, 0) is 4.79 Å². The number of carboxylic acid groups (broad SMARTS) is 1. The molecule has 15 heavy (non-hydrogen) atoms. The molecule has 0 spiro atoms. The van der Waals surface area contributed by atoms with E-state index in [4.69, 9.17) is 9.84 Å². The van der Waals surface area contributed by atoms with Gasteiger partial charge in [0.25, 0.3) is 0 Å². The summed E-state index contributed by atoms with van der Waals surface area (Å²) in [5.41, 5.74) is 1.79. The summed E-state index contributed by atoms with van der Waals surface area (Å²) in [4.78, 5) is 10.2.